The standard InChI is InChI=1S/C14H13N5O7/c15-10-7-11(17-3-16-10)19(4-18-7)12-8(22)9-5(25-12)1-14(26-9,13(23)24)2-6(20)21/h1,3-4,8-9,12,22H,2H2,(H,20,21)(H,23,24)(H2,15,16,17)/t8-,9+,12+,14+/m1/s1. The molecule has 2 aliphatic rings. The molecule has 136 valence electrons. The number of aliphatic hydroxyl groups is 1. The minimum absolute atomic E-state index is 0.0371. The maximum atomic E-state index is 11.5. The van der Waals surface area contributed by atoms with E-state index in [-0.39, 0.29) is 11.6 Å². The first-order chi connectivity index (χ1) is 12.3. The van der Waals surface area contributed by atoms with Crippen LogP contribution in [0, 0.1) is 0 Å². The fourth-order valence-corrected chi connectivity index (χ4v) is 3.11. The summed E-state index contributed by atoms with van der Waals surface area (Å²) in [6.07, 6.45) is -0.594. The van der Waals surface area contributed by atoms with E-state index in [4.69, 9.17) is 20.3 Å². The van der Waals surface area contributed by atoms with Crippen LogP contribution in [0.15, 0.2) is 24.5 Å². The second-order valence-corrected chi connectivity index (χ2v) is 5.93. The van der Waals surface area contributed by atoms with Crippen molar-refractivity contribution in [2.45, 2.75) is 30.5 Å². The lowest BCUT2D eigenvalue weighted by Crippen LogP contribution is -2.43. The van der Waals surface area contributed by atoms with Gasteiger partial charge in [0.15, 0.2) is 17.1 Å². The number of nitrogen functional groups attached to an aromatic ring is 1. The van der Waals surface area contributed by atoms with Gasteiger partial charge in [-0.1, -0.05) is 0 Å². The smallest absolute Gasteiger partial charge is 0.340 e. The van der Waals surface area contributed by atoms with Crippen molar-refractivity contribution in [3.63, 3.8) is 0 Å². The first-order valence-electron chi connectivity index (χ1n) is 7.46. The topological polar surface area (TPSA) is 183 Å². The summed E-state index contributed by atoms with van der Waals surface area (Å²) in [6.45, 7) is 0. The molecule has 0 saturated carbocycles. The predicted octanol–water partition coefficient (Wildman–Crippen LogP) is -1.12. The Morgan fingerprint density at radius 3 is 2.73 bits per heavy atom. The predicted molar refractivity (Wildman–Crippen MR) is 81.4 cm³/mol. The molecule has 0 aliphatic carbocycles. The zero-order valence-corrected chi connectivity index (χ0v) is 13.0. The number of nitrogens with two attached hydrogens (primary N) is 1. The molecule has 0 aromatic carbocycles. The van der Waals surface area contributed by atoms with Crippen molar-refractivity contribution < 1.29 is 34.4 Å². The maximum Gasteiger partial charge on any atom is 0.340 e. The molecule has 2 aromatic heterocycles. The number of nitrogens with zero attached hydrogens (tertiary/aromatic N) is 4. The fourth-order valence-electron chi connectivity index (χ4n) is 3.11. The molecule has 2 aliphatic heterocycles. The van der Waals surface area contributed by atoms with Crippen LogP contribution in [0.5, 0.6) is 0 Å². The molecule has 4 atom stereocenters. The molecule has 0 spiro atoms. The van der Waals surface area contributed by atoms with Gasteiger partial charge in [0.05, 0.1) is 6.42 Å². The Kier molecular flexibility index (Phi) is 3.35. The second kappa shape index (κ2) is 5.37. The third kappa shape index (κ3) is 2.19. The van der Waals surface area contributed by atoms with Crippen LogP contribution in [0.2, 0.25) is 0 Å². The second-order valence-electron chi connectivity index (χ2n) is 5.93. The van der Waals surface area contributed by atoms with Crippen LogP contribution in [0.4, 0.5) is 5.82 Å². The van der Waals surface area contributed by atoms with Crippen LogP contribution in [-0.2, 0) is 19.1 Å². The quantitative estimate of drug-likeness (QED) is 0.516. The summed E-state index contributed by atoms with van der Waals surface area (Å²) in [6, 6.07) is 0. The Balaban J connectivity index is 1.70. The molecular formula is C14H13N5O7. The van der Waals surface area contributed by atoms with Crippen molar-refractivity contribution in [2.75, 3.05) is 5.73 Å². The molecule has 4 heterocycles. The summed E-state index contributed by atoms with van der Waals surface area (Å²) >= 11 is 0. The zero-order chi connectivity index (χ0) is 18.6. The molecular weight excluding hydrogens is 350 g/mol. The number of carbonyl (C=O) groups is 2. The lowest BCUT2D eigenvalue weighted by molar-refractivity contribution is -0.171. The molecule has 26 heavy (non-hydrogen) atoms. The number of ether oxygens (including phenoxy) is 2. The maximum absolute atomic E-state index is 11.5. The summed E-state index contributed by atoms with van der Waals surface area (Å²) in [5, 5.41) is 28.9. The number of carboxylic acids is 2. The van der Waals surface area contributed by atoms with Gasteiger partial charge in [0.2, 0.25) is 6.23 Å². The number of aliphatic carboxylic acids is 2. The minimum Gasteiger partial charge on any atom is -0.481 e. The van der Waals surface area contributed by atoms with Gasteiger partial charge in [-0.3, -0.25) is 9.36 Å². The highest BCUT2D eigenvalue weighted by atomic mass is 16.6. The van der Waals surface area contributed by atoms with E-state index in [1.54, 1.807) is 0 Å². The van der Waals surface area contributed by atoms with Crippen molar-refractivity contribution in [1.29, 1.82) is 0 Å². The molecule has 4 rings (SSSR count). The van der Waals surface area contributed by atoms with Crippen LogP contribution in [0.3, 0.4) is 0 Å². The highest BCUT2D eigenvalue weighted by Crippen LogP contribution is 2.44. The van der Waals surface area contributed by atoms with E-state index in [0.717, 1.165) is 6.08 Å². The van der Waals surface area contributed by atoms with E-state index in [2.05, 4.69) is 15.0 Å². The summed E-state index contributed by atoms with van der Waals surface area (Å²) < 4.78 is 12.4. The lowest BCUT2D eigenvalue weighted by Gasteiger charge is -2.24. The van der Waals surface area contributed by atoms with Gasteiger partial charge in [0.25, 0.3) is 0 Å². The Bertz CT molecular complexity index is 956. The van der Waals surface area contributed by atoms with E-state index in [1.807, 2.05) is 0 Å². The van der Waals surface area contributed by atoms with Crippen LogP contribution in [-0.4, -0.2) is 64.6 Å². The molecule has 12 heteroatoms. The molecule has 1 saturated heterocycles. The van der Waals surface area contributed by atoms with Crippen molar-refractivity contribution in [1.82, 2.24) is 19.5 Å². The average molecular weight is 363 g/mol. The van der Waals surface area contributed by atoms with Crippen LogP contribution in [0.25, 0.3) is 11.2 Å². The summed E-state index contributed by atoms with van der Waals surface area (Å²) in [5.41, 5.74) is 4.26. The minimum atomic E-state index is -2.10. The van der Waals surface area contributed by atoms with Crippen molar-refractivity contribution in [3.05, 3.63) is 24.5 Å². The van der Waals surface area contributed by atoms with Gasteiger partial charge in [-0.05, 0) is 6.08 Å². The van der Waals surface area contributed by atoms with Gasteiger partial charge in [-0.25, -0.2) is 19.7 Å². The third-order valence-electron chi connectivity index (χ3n) is 4.29. The van der Waals surface area contributed by atoms with E-state index in [9.17, 15) is 19.8 Å². The van der Waals surface area contributed by atoms with Gasteiger partial charge >= 0.3 is 11.9 Å². The van der Waals surface area contributed by atoms with E-state index >= 15 is 0 Å². The number of hydrogen-bond acceptors (Lipinski definition) is 9. The molecule has 0 unspecified atom stereocenters. The Labute approximate surface area is 144 Å². The molecule has 0 amide bonds. The first-order valence-corrected chi connectivity index (χ1v) is 7.46. The first kappa shape index (κ1) is 16.2. The SMILES string of the molecule is Nc1ncnc2c1ncn2[C@H]1OC2=C[C@](CC(=O)O)(C(=O)O)O[C@@H]2[C@H]1O. The number of aliphatic hydroxyl groups excluding tert-OH is 1. The van der Waals surface area contributed by atoms with Crippen LogP contribution < -0.4 is 5.73 Å². The van der Waals surface area contributed by atoms with Gasteiger partial charge < -0.3 is 30.5 Å². The number of anilines is 1. The van der Waals surface area contributed by atoms with Crippen molar-refractivity contribution in [2.24, 2.45) is 0 Å². The fraction of sp³-hybridized carbons (Fsp3) is 0.357. The van der Waals surface area contributed by atoms with Gasteiger partial charge in [0, 0.05) is 0 Å². The number of hydrogen-bond donors (Lipinski definition) is 4. The molecule has 0 radical (unpaired) electrons. The Hall–Kier alpha value is -3.25. The largest absolute Gasteiger partial charge is 0.481 e. The Morgan fingerprint density at radius 2 is 2.08 bits per heavy atom. The molecule has 5 N–H and O–H groups in total. The lowest BCUT2D eigenvalue weighted by atomic mass is 10.0. The van der Waals surface area contributed by atoms with Gasteiger partial charge in [-0.15, -0.1) is 0 Å². The van der Waals surface area contributed by atoms with E-state index in [0.29, 0.717) is 11.2 Å². The van der Waals surface area contributed by atoms with E-state index in [1.165, 1.54) is 17.2 Å². The number of imidazole rings is 1. The third-order valence-corrected chi connectivity index (χ3v) is 4.29. The number of rotatable bonds is 4. The zero-order valence-electron chi connectivity index (χ0n) is 13.0. The number of fused-ring (bicyclic) bond motifs is 2. The van der Waals surface area contributed by atoms with Crippen molar-refractivity contribution in [3.8, 4) is 0 Å². The summed E-state index contributed by atoms with van der Waals surface area (Å²) in [5.74, 6) is -2.65. The van der Waals surface area contributed by atoms with Gasteiger partial charge in [-0.2, -0.15) is 0 Å². The van der Waals surface area contributed by atoms with Crippen molar-refractivity contribution >= 4 is 28.9 Å². The summed E-state index contributed by atoms with van der Waals surface area (Å²) in [4.78, 5) is 34.4. The molecule has 0 bridgehead atoms. The average Bonchev–Trinajstić information content (AvgIpc) is 3.21. The van der Waals surface area contributed by atoms with Crippen LogP contribution >= 0.6 is 0 Å². The van der Waals surface area contributed by atoms with Gasteiger partial charge in [0.1, 0.15) is 36.1 Å². The monoisotopic (exact) mass is 363 g/mol. The van der Waals surface area contributed by atoms with Crippen LogP contribution in [0.1, 0.15) is 12.6 Å². The normalized spacial score (nSPS) is 30.0. The number of carboxylic acid groups (broad SMARTS) is 2. The summed E-state index contributed by atoms with van der Waals surface area (Å²) in [7, 11) is 0. The molecule has 12 nitrogen and oxygen atoms in total. The highest BCUT2D eigenvalue weighted by Gasteiger charge is 2.56. The molecule has 1 fully saturated rings. The molecule has 2 aromatic rings. The Morgan fingerprint density at radius 1 is 1.31 bits per heavy atom. The van der Waals surface area contributed by atoms with E-state index < -0.39 is 42.4 Å². The number of aromatic nitrogens is 4. The highest BCUT2D eigenvalue weighted by molar-refractivity contribution is 5.87.